The van der Waals surface area contributed by atoms with Crippen LogP contribution in [0.1, 0.15) is 12.1 Å². The van der Waals surface area contributed by atoms with Gasteiger partial charge < -0.3 is 34.0 Å². The highest BCUT2D eigenvalue weighted by molar-refractivity contribution is 8.03. The summed E-state index contributed by atoms with van der Waals surface area (Å²) in [6.07, 6.45) is 4.22. The Morgan fingerprint density at radius 2 is 2.00 bits per heavy atom. The molecule has 0 aliphatic carbocycles. The summed E-state index contributed by atoms with van der Waals surface area (Å²) < 4.78 is 2.05. The molecule has 0 saturated carbocycles. The lowest BCUT2D eigenvalue weighted by Gasteiger charge is -2.19. The number of aromatic nitrogens is 1. The number of hydrogen-bond acceptors (Lipinski definition) is 3. The number of anilines is 1. The number of hydrogen-bond donors (Lipinski definition) is 1. The molecule has 0 fully saturated rings. The van der Waals surface area contributed by atoms with Gasteiger partial charge in [-0.2, -0.15) is 0 Å². The Morgan fingerprint density at radius 1 is 1.26 bits per heavy atom. The molecule has 1 aliphatic heterocycles. The van der Waals surface area contributed by atoms with E-state index in [1.54, 1.807) is 11.8 Å². The zero-order chi connectivity index (χ0) is 15.5. The third kappa shape index (κ3) is 4.06. The van der Waals surface area contributed by atoms with Crippen LogP contribution in [0.15, 0.2) is 58.6 Å². The van der Waals surface area contributed by atoms with E-state index < -0.39 is 5.97 Å². The van der Waals surface area contributed by atoms with E-state index in [-0.39, 0.29) is 30.4 Å². The van der Waals surface area contributed by atoms with Gasteiger partial charge in [-0.3, -0.25) is 4.79 Å². The molecule has 23 heavy (non-hydrogen) atoms. The Labute approximate surface area is 156 Å². The number of nitrogens with zero attached hydrogens (tertiary/aromatic N) is 2. The highest BCUT2D eigenvalue weighted by Gasteiger charge is 2.25. The number of halogens is 1. The van der Waals surface area contributed by atoms with Crippen molar-refractivity contribution in [2.24, 2.45) is 7.05 Å². The van der Waals surface area contributed by atoms with E-state index in [9.17, 15) is 4.79 Å². The smallest absolute Gasteiger partial charge is 0.305 e. The molecule has 0 spiro atoms. The average Bonchev–Trinajstić information content (AvgIpc) is 2.85. The number of carboxylic acids is 1. The SMILES string of the molecule is C[n+]1ccccc1/C=C1\Sc2ccccc2N1CCC(=O)O.[I-]. The van der Waals surface area contributed by atoms with Gasteiger partial charge in [-0.15, -0.1) is 0 Å². The number of benzene rings is 1. The molecule has 2 heterocycles. The predicted octanol–water partition coefficient (Wildman–Crippen LogP) is -0.0995. The van der Waals surface area contributed by atoms with E-state index in [1.807, 2.05) is 54.2 Å². The van der Waals surface area contributed by atoms with Crippen LogP contribution in [0.5, 0.6) is 0 Å². The number of para-hydroxylation sites is 1. The van der Waals surface area contributed by atoms with Gasteiger partial charge in [-0.1, -0.05) is 23.9 Å². The summed E-state index contributed by atoms with van der Waals surface area (Å²) in [5.41, 5.74) is 2.16. The molecular weight excluding hydrogens is 423 g/mol. The van der Waals surface area contributed by atoms with Crippen LogP contribution in [-0.2, 0) is 11.8 Å². The van der Waals surface area contributed by atoms with Crippen molar-refractivity contribution < 1.29 is 38.4 Å². The number of fused-ring (bicyclic) bond motifs is 1. The minimum atomic E-state index is -0.779. The Hall–Kier alpha value is -1.54. The normalized spacial score (nSPS) is 14.5. The van der Waals surface area contributed by atoms with Crippen LogP contribution in [0.25, 0.3) is 6.08 Å². The first-order valence-corrected chi connectivity index (χ1v) is 7.89. The second-order valence-corrected chi connectivity index (χ2v) is 6.15. The molecule has 0 amide bonds. The third-order valence-electron chi connectivity index (χ3n) is 3.55. The van der Waals surface area contributed by atoms with Gasteiger partial charge in [-0.05, 0) is 18.2 Å². The maximum Gasteiger partial charge on any atom is 0.305 e. The number of aliphatic carboxylic acids is 1. The molecule has 0 bridgehead atoms. The van der Waals surface area contributed by atoms with Crippen LogP contribution in [0, 0.1) is 0 Å². The summed E-state index contributed by atoms with van der Waals surface area (Å²) in [5, 5.41) is 10.0. The van der Waals surface area contributed by atoms with E-state index in [4.69, 9.17) is 5.11 Å². The molecule has 4 nitrogen and oxygen atoms in total. The van der Waals surface area contributed by atoms with Gasteiger partial charge in [0, 0.05) is 29.6 Å². The first-order valence-electron chi connectivity index (χ1n) is 7.08. The summed E-state index contributed by atoms with van der Waals surface area (Å²) in [6.45, 7) is 0.474. The maximum atomic E-state index is 10.9. The standard InChI is InChI=1S/C17H16N2O2S.HI/c1-18-10-5-4-6-13(18)12-16-19(11-9-17(20)21)14-7-2-3-8-15(14)22-16;/h2-8,10,12H,9,11H2,1H3;1H. The zero-order valence-electron chi connectivity index (χ0n) is 12.6. The molecule has 0 unspecified atom stereocenters. The summed E-state index contributed by atoms with van der Waals surface area (Å²) in [6, 6.07) is 14.1. The van der Waals surface area contributed by atoms with Gasteiger partial charge in [0.05, 0.1) is 17.1 Å². The van der Waals surface area contributed by atoms with Crippen molar-refractivity contribution >= 4 is 29.5 Å². The van der Waals surface area contributed by atoms with Gasteiger partial charge in [0.25, 0.3) is 0 Å². The monoisotopic (exact) mass is 440 g/mol. The minimum absolute atomic E-state index is 0. The molecule has 1 aromatic heterocycles. The fourth-order valence-electron chi connectivity index (χ4n) is 2.41. The van der Waals surface area contributed by atoms with E-state index in [0.717, 1.165) is 21.3 Å². The predicted molar refractivity (Wildman–Crippen MR) is 87.5 cm³/mol. The van der Waals surface area contributed by atoms with E-state index >= 15 is 0 Å². The van der Waals surface area contributed by atoms with Crippen molar-refractivity contribution in [1.29, 1.82) is 0 Å². The minimum Gasteiger partial charge on any atom is -1.00 e. The van der Waals surface area contributed by atoms with Gasteiger partial charge in [0.15, 0.2) is 6.20 Å². The highest BCUT2D eigenvalue weighted by Crippen LogP contribution is 2.46. The summed E-state index contributed by atoms with van der Waals surface area (Å²) in [7, 11) is 2.00. The van der Waals surface area contributed by atoms with Crippen LogP contribution in [-0.4, -0.2) is 17.6 Å². The van der Waals surface area contributed by atoms with Gasteiger partial charge >= 0.3 is 5.97 Å². The van der Waals surface area contributed by atoms with Gasteiger partial charge in [-0.25, -0.2) is 4.57 Å². The molecule has 3 rings (SSSR count). The molecule has 0 saturated heterocycles. The topological polar surface area (TPSA) is 44.4 Å². The highest BCUT2D eigenvalue weighted by atomic mass is 127. The molecule has 6 heteroatoms. The number of rotatable bonds is 4. The summed E-state index contributed by atoms with van der Waals surface area (Å²) in [5.74, 6) is -0.779. The van der Waals surface area contributed by atoms with Crippen LogP contribution in [0.3, 0.4) is 0 Å². The van der Waals surface area contributed by atoms with Crippen molar-refractivity contribution in [1.82, 2.24) is 0 Å². The van der Waals surface area contributed by atoms with E-state index in [1.165, 1.54) is 0 Å². The second kappa shape index (κ2) is 7.83. The molecule has 1 aromatic carbocycles. The molecule has 0 radical (unpaired) electrons. The Kier molecular flexibility index (Phi) is 6.06. The summed E-state index contributed by atoms with van der Waals surface area (Å²) >= 11 is 1.68. The largest absolute Gasteiger partial charge is 1.00 e. The van der Waals surface area contributed by atoms with Crippen LogP contribution >= 0.6 is 11.8 Å². The second-order valence-electron chi connectivity index (χ2n) is 5.08. The number of carbonyl (C=O) groups is 1. The molecule has 1 aliphatic rings. The first-order chi connectivity index (χ1) is 10.6. The van der Waals surface area contributed by atoms with Crippen LogP contribution in [0.2, 0.25) is 0 Å². The van der Waals surface area contributed by atoms with Crippen LogP contribution in [0.4, 0.5) is 5.69 Å². The summed E-state index contributed by atoms with van der Waals surface area (Å²) in [4.78, 5) is 14.2. The zero-order valence-corrected chi connectivity index (χ0v) is 15.6. The Morgan fingerprint density at radius 3 is 2.74 bits per heavy atom. The molecule has 0 atom stereocenters. The fourth-order valence-corrected chi connectivity index (χ4v) is 3.55. The third-order valence-corrected chi connectivity index (χ3v) is 4.66. The number of carboxylic acid groups (broad SMARTS) is 1. The lowest BCUT2D eigenvalue weighted by Crippen LogP contribution is -3.00. The molecule has 1 N–H and O–H groups in total. The average molecular weight is 440 g/mol. The quantitative estimate of drug-likeness (QED) is 0.533. The van der Waals surface area contributed by atoms with Crippen molar-refractivity contribution in [3.05, 3.63) is 59.4 Å². The van der Waals surface area contributed by atoms with Gasteiger partial charge in [0.2, 0.25) is 5.69 Å². The van der Waals surface area contributed by atoms with Crippen molar-refractivity contribution in [3.63, 3.8) is 0 Å². The molecule has 2 aromatic rings. The Balaban J connectivity index is 0.00000192. The lowest BCUT2D eigenvalue weighted by atomic mass is 10.2. The van der Waals surface area contributed by atoms with E-state index in [0.29, 0.717) is 6.54 Å². The number of thioether (sulfide) groups is 1. The first kappa shape index (κ1) is 17.8. The number of pyridine rings is 1. The van der Waals surface area contributed by atoms with Crippen molar-refractivity contribution in [2.75, 3.05) is 11.4 Å². The molecular formula is C17H17IN2O2S. The maximum absolute atomic E-state index is 10.9. The number of aryl methyl sites for hydroxylation is 1. The van der Waals surface area contributed by atoms with E-state index in [2.05, 4.69) is 17.0 Å². The molecule has 120 valence electrons. The van der Waals surface area contributed by atoms with Gasteiger partial charge in [0.1, 0.15) is 7.05 Å². The fraction of sp³-hybridized carbons (Fsp3) is 0.176. The Bertz CT molecular complexity index is 749. The van der Waals surface area contributed by atoms with Crippen LogP contribution < -0.4 is 33.4 Å². The lowest BCUT2D eigenvalue weighted by molar-refractivity contribution is -0.673. The van der Waals surface area contributed by atoms with Crippen molar-refractivity contribution in [3.8, 4) is 0 Å². The van der Waals surface area contributed by atoms with Crippen molar-refractivity contribution in [2.45, 2.75) is 11.3 Å².